The van der Waals surface area contributed by atoms with E-state index >= 15 is 0 Å². The molecular formula is C20H30O4. The van der Waals surface area contributed by atoms with Crippen molar-refractivity contribution in [2.75, 3.05) is 0 Å². The van der Waals surface area contributed by atoms with Crippen molar-refractivity contribution in [1.82, 2.24) is 0 Å². The van der Waals surface area contributed by atoms with E-state index in [0.29, 0.717) is 24.7 Å². The molecule has 5 saturated carbocycles. The van der Waals surface area contributed by atoms with Gasteiger partial charge in [-0.2, -0.15) is 0 Å². The molecule has 4 heteroatoms. The first-order valence-electron chi connectivity index (χ1n) is 9.85. The van der Waals surface area contributed by atoms with Crippen molar-refractivity contribution < 1.29 is 19.4 Å². The third kappa shape index (κ3) is 2.10. The first kappa shape index (κ1) is 16.4. The minimum atomic E-state index is -1.28. The summed E-state index contributed by atoms with van der Waals surface area (Å²) in [5, 5.41) is 9.74. The molecule has 0 heterocycles. The van der Waals surface area contributed by atoms with E-state index in [1.807, 2.05) is 0 Å². The molecule has 4 nitrogen and oxygen atoms in total. The predicted octanol–water partition coefficient (Wildman–Crippen LogP) is 4.03. The highest BCUT2D eigenvalue weighted by Gasteiger charge is 2.62. The van der Waals surface area contributed by atoms with Crippen LogP contribution in [0.1, 0.15) is 71.6 Å². The van der Waals surface area contributed by atoms with Gasteiger partial charge in [-0.1, -0.05) is 26.7 Å². The average Bonchev–Trinajstić information content (AvgIpc) is 3.01. The molecule has 5 fully saturated rings. The molecule has 0 atom stereocenters. The van der Waals surface area contributed by atoms with E-state index in [1.54, 1.807) is 0 Å². The highest BCUT2D eigenvalue weighted by Crippen LogP contribution is 2.62. The van der Waals surface area contributed by atoms with Crippen molar-refractivity contribution in [3.63, 3.8) is 0 Å². The van der Waals surface area contributed by atoms with E-state index in [4.69, 9.17) is 4.74 Å². The van der Waals surface area contributed by atoms with Gasteiger partial charge >= 0.3 is 11.9 Å². The van der Waals surface area contributed by atoms with Crippen LogP contribution in [0.25, 0.3) is 0 Å². The van der Waals surface area contributed by atoms with Crippen molar-refractivity contribution in [2.24, 2.45) is 35.0 Å². The van der Waals surface area contributed by atoms with E-state index in [9.17, 15) is 14.7 Å². The maximum atomic E-state index is 13.1. The number of hydrogen-bond acceptors (Lipinski definition) is 3. The van der Waals surface area contributed by atoms with Crippen molar-refractivity contribution >= 4 is 11.9 Å². The number of hydrogen-bond donors (Lipinski definition) is 1. The molecule has 0 aromatic rings. The normalized spacial score (nSPS) is 42.5. The third-order valence-corrected chi connectivity index (χ3v) is 7.84. The maximum Gasteiger partial charge on any atom is 0.324 e. The minimum absolute atomic E-state index is 0.253. The van der Waals surface area contributed by atoms with E-state index in [1.165, 1.54) is 32.1 Å². The first-order chi connectivity index (χ1) is 11.4. The van der Waals surface area contributed by atoms with Crippen LogP contribution in [0.5, 0.6) is 0 Å². The van der Waals surface area contributed by atoms with Gasteiger partial charge in [-0.3, -0.25) is 9.59 Å². The Bertz CT molecular complexity index is 516. The molecule has 5 aliphatic carbocycles. The molecule has 0 amide bonds. The fourth-order valence-electron chi connectivity index (χ4n) is 6.89. The van der Waals surface area contributed by atoms with Gasteiger partial charge in [-0.25, -0.2) is 0 Å². The van der Waals surface area contributed by atoms with Crippen LogP contribution in [-0.4, -0.2) is 22.6 Å². The van der Waals surface area contributed by atoms with Crippen LogP contribution in [0.15, 0.2) is 0 Å². The smallest absolute Gasteiger partial charge is 0.324 e. The summed E-state index contributed by atoms with van der Waals surface area (Å²) in [4.78, 5) is 25.0. The SMILES string of the molecule is CC(C)C1(OC(=O)C2(C(=O)O)CCCC2)C2CC3CC(C2)CC1C3. The van der Waals surface area contributed by atoms with E-state index in [-0.39, 0.29) is 5.92 Å². The summed E-state index contributed by atoms with van der Waals surface area (Å²) in [6, 6.07) is 0. The molecule has 0 radical (unpaired) electrons. The summed E-state index contributed by atoms with van der Waals surface area (Å²) < 4.78 is 6.31. The Morgan fingerprint density at radius 2 is 1.46 bits per heavy atom. The zero-order chi connectivity index (χ0) is 17.1. The number of rotatable bonds is 4. The van der Waals surface area contributed by atoms with Crippen LogP contribution in [0.3, 0.4) is 0 Å². The Hall–Kier alpha value is -1.06. The number of carbonyl (C=O) groups excluding carboxylic acids is 1. The average molecular weight is 334 g/mol. The second-order valence-corrected chi connectivity index (χ2v) is 9.30. The Kier molecular flexibility index (Phi) is 3.74. The summed E-state index contributed by atoms with van der Waals surface area (Å²) in [5.41, 5.74) is -1.70. The van der Waals surface area contributed by atoms with Gasteiger partial charge in [0.1, 0.15) is 5.60 Å². The van der Waals surface area contributed by atoms with Gasteiger partial charge < -0.3 is 9.84 Å². The highest BCUT2D eigenvalue weighted by atomic mass is 16.6. The van der Waals surface area contributed by atoms with Crippen molar-refractivity contribution in [3.8, 4) is 0 Å². The van der Waals surface area contributed by atoms with Crippen LogP contribution in [0.4, 0.5) is 0 Å². The van der Waals surface area contributed by atoms with E-state index in [2.05, 4.69) is 13.8 Å². The van der Waals surface area contributed by atoms with Gasteiger partial charge in [0.25, 0.3) is 0 Å². The maximum absolute atomic E-state index is 13.1. The van der Waals surface area contributed by atoms with Crippen molar-refractivity contribution in [2.45, 2.75) is 77.2 Å². The zero-order valence-corrected chi connectivity index (χ0v) is 14.9. The van der Waals surface area contributed by atoms with Gasteiger partial charge in [0.15, 0.2) is 5.41 Å². The Morgan fingerprint density at radius 3 is 1.88 bits per heavy atom. The standard InChI is InChI=1S/C20H30O4/c1-12(2)20(15-8-13-7-14(10-15)11-16(20)9-13)24-18(23)19(17(21)22)5-3-4-6-19/h12-16H,3-11H2,1-2H3,(H,21,22). The quantitative estimate of drug-likeness (QED) is 0.623. The molecule has 0 aromatic carbocycles. The lowest BCUT2D eigenvalue weighted by Gasteiger charge is -2.62. The molecule has 4 bridgehead atoms. The second-order valence-electron chi connectivity index (χ2n) is 9.30. The molecule has 5 rings (SSSR count). The van der Waals surface area contributed by atoms with Crippen LogP contribution < -0.4 is 0 Å². The van der Waals surface area contributed by atoms with Gasteiger partial charge in [0.05, 0.1) is 0 Å². The number of carboxylic acids is 1. The molecule has 134 valence electrons. The molecular weight excluding hydrogens is 304 g/mol. The second kappa shape index (κ2) is 5.47. The lowest BCUT2D eigenvalue weighted by atomic mass is 9.47. The Morgan fingerprint density at radius 1 is 0.958 bits per heavy atom. The molecule has 0 saturated heterocycles. The van der Waals surface area contributed by atoms with Crippen molar-refractivity contribution in [1.29, 1.82) is 0 Å². The van der Waals surface area contributed by atoms with Gasteiger partial charge in [-0.05, 0) is 74.5 Å². The summed E-state index contributed by atoms with van der Waals surface area (Å²) in [6.45, 7) is 4.33. The monoisotopic (exact) mass is 334 g/mol. The minimum Gasteiger partial charge on any atom is -0.480 e. The third-order valence-electron chi connectivity index (χ3n) is 7.84. The Labute approximate surface area is 144 Å². The molecule has 5 aliphatic rings. The summed E-state index contributed by atoms with van der Waals surface area (Å²) in [7, 11) is 0. The number of aliphatic carboxylic acids is 1. The molecule has 0 aromatic heterocycles. The van der Waals surface area contributed by atoms with Crippen LogP contribution >= 0.6 is 0 Å². The molecule has 1 N–H and O–H groups in total. The number of carboxylic acid groups (broad SMARTS) is 1. The summed E-state index contributed by atoms with van der Waals surface area (Å²) in [5.74, 6) is 1.32. The lowest BCUT2D eigenvalue weighted by molar-refractivity contribution is -0.233. The van der Waals surface area contributed by atoms with E-state index in [0.717, 1.165) is 24.7 Å². The largest absolute Gasteiger partial charge is 0.480 e. The van der Waals surface area contributed by atoms with Gasteiger partial charge in [-0.15, -0.1) is 0 Å². The molecule has 24 heavy (non-hydrogen) atoms. The van der Waals surface area contributed by atoms with Crippen molar-refractivity contribution in [3.05, 3.63) is 0 Å². The van der Waals surface area contributed by atoms with Gasteiger partial charge in [0, 0.05) is 0 Å². The fraction of sp³-hybridized carbons (Fsp3) is 0.900. The van der Waals surface area contributed by atoms with E-state index < -0.39 is 23.0 Å². The molecule has 0 aliphatic heterocycles. The summed E-state index contributed by atoms with van der Waals surface area (Å²) in [6.07, 6.45) is 8.52. The van der Waals surface area contributed by atoms with Crippen LogP contribution in [0, 0.1) is 35.0 Å². The van der Waals surface area contributed by atoms with Crippen LogP contribution in [0.2, 0.25) is 0 Å². The number of esters is 1. The first-order valence-corrected chi connectivity index (χ1v) is 9.85. The lowest BCUT2D eigenvalue weighted by Crippen LogP contribution is -2.63. The molecule has 0 unspecified atom stereocenters. The Balaban J connectivity index is 1.65. The molecule has 0 spiro atoms. The fourth-order valence-corrected chi connectivity index (χ4v) is 6.89. The highest BCUT2D eigenvalue weighted by molar-refractivity contribution is 5.99. The number of carbonyl (C=O) groups is 2. The predicted molar refractivity (Wildman–Crippen MR) is 89.2 cm³/mol. The number of ether oxygens (including phenoxy) is 1. The summed E-state index contributed by atoms with van der Waals surface area (Å²) >= 11 is 0. The topological polar surface area (TPSA) is 63.6 Å². The van der Waals surface area contributed by atoms with Crippen LogP contribution in [-0.2, 0) is 14.3 Å². The zero-order valence-electron chi connectivity index (χ0n) is 14.9. The van der Waals surface area contributed by atoms with Gasteiger partial charge in [0.2, 0.25) is 0 Å².